The van der Waals surface area contributed by atoms with Gasteiger partial charge in [-0.1, -0.05) is 118 Å². The van der Waals surface area contributed by atoms with Gasteiger partial charge in [-0.2, -0.15) is 0 Å². The molecule has 0 aliphatic carbocycles. The van der Waals surface area contributed by atoms with Crippen molar-refractivity contribution in [3.63, 3.8) is 0 Å². The van der Waals surface area contributed by atoms with E-state index in [1.807, 2.05) is 54.6 Å². The normalized spacial score (nSPS) is 17.0. The van der Waals surface area contributed by atoms with Crippen molar-refractivity contribution in [2.75, 3.05) is 26.3 Å². The molecule has 31 heteroatoms. The standard InChI is InChI=1S/C35H41Cl3N6O6.C18H24Cl3N5O4.C17H19NO3/c1-21(31(47)44-14-6-8-28(43-44)32(48)50-20-35(36,37)38)41-30(46)29(15-23-7-5-13-39-18-23)42-33(49)34(3,4)12-11-27-17-26-16-24(22(2)45)9-10-25(26)19-40-27;1-11(24-15(27)13(22)8-12-4-2-6-23-9-12)16(28)26-7-3-5-14(25-26)17(29)30-10-18(19,20)21;1-11(19)12-4-5-13-10-18-15(9-14(13)8-12)6-7-17(2,3)16(20)21/h5,7,9-13,16-19,21-22,28-29,43,45H,6,8,14-15,20H2,1-4H3,(H,41,46)(H,42,49);2,4,6,9,11,13-14,25H,3,5,7-8,10,22H2,1H3,(H,24,27);4-11,19H,1-3H3,(H,20,21)/b12-11+;;7-6+/t21-,22+,28-,29-;11-,13-,14-;11-/m001/s1. The van der Waals surface area contributed by atoms with Gasteiger partial charge in [0.1, 0.15) is 43.4 Å². The van der Waals surface area contributed by atoms with Crippen LogP contribution in [0, 0.1) is 10.8 Å². The number of carbonyl (C=O) groups is 8. The first-order chi connectivity index (χ1) is 47.4. The minimum atomic E-state index is -1.77. The van der Waals surface area contributed by atoms with Gasteiger partial charge in [0.15, 0.2) is 0 Å². The third kappa shape index (κ3) is 26.6. The number of aromatic nitrogens is 4. The van der Waals surface area contributed by atoms with Crippen LogP contribution in [0.1, 0.15) is 127 Å². The third-order valence-corrected chi connectivity index (χ3v) is 16.6. The molecular weight excluding hydrogens is 1430 g/mol. The lowest BCUT2D eigenvalue weighted by atomic mass is 9.90. The van der Waals surface area contributed by atoms with Crippen molar-refractivity contribution in [2.45, 2.75) is 150 Å². The summed E-state index contributed by atoms with van der Waals surface area (Å²) >= 11 is 33.8. The van der Waals surface area contributed by atoms with E-state index in [0.717, 1.165) is 38.2 Å². The Morgan fingerprint density at radius 3 is 1.43 bits per heavy atom. The maximum absolute atomic E-state index is 13.6. The molecule has 8 rings (SSSR count). The summed E-state index contributed by atoms with van der Waals surface area (Å²) in [5, 5.41) is 43.1. The summed E-state index contributed by atoms with van der Waals surface area (Å²) in [6.07, 6.45) is 17.9. The molecule has 2 saturated heterocycles. The van der Waals surface area contributed by atoms with Crippen molar-refractivity contribution >= 4 is 151 Å². The van der Waals surface area contributed by atoms with Crippen LogP contribution >= 0.6 is 69.6 Å². The van der Waals surface area contributed by atoms with E-state index in [2.05, 4.69) is 46.7 Å². The minimum absolute atomic E-state index is 0.114. The zero-order valence-electron chi connectivity index (χ0n) is 56.8. The van der Waals surface area contributed by atoms with Gasteiger partial charge in [0.05, 0.1) is 40.5 Å². The predicted octanol–water partition coefficient (Wildman–Crippen LogP) is 8.64. The van der Waals surface area contributed by atoms with Gasteiger partial charge in [0.2, 0.25) is 25.3 Å². The number of aliphatic carboxylic acids is 1. The summed E-state index contributed by atoms with van der Waals surface area (Å²) in [5.41, 5.74) is 14.0. The number of nitrogens with two attached hydrogens (primary N) is 1. The van der Waals surface area contributed by atoms with Gasteiger partial charge in [0, 0.05) is 67.5 Å². The number of rotatable bonds is 23. The van der Waals surface area contributed by atoms with Gasteiger partial charge in [-0.3, -0.25) is 68.3 Å². The fourth-order valence-electron chi connectivity index (χ4n) is 9.93. The van der Waals surface area contributed by atoms with Crippen molar-refractivity contribution in [1.82, 2.24) is 56.8 Å². The molecule has 4 aromatic heterocycles. The zero-order valence-corrected chi connectivity index (χ0v) is 61.4. The molecule has 2 aliphatic heterocycles. The number of benzene rings is 2. The number of hydrazine groups is 2. The number of carboxylic acids is 1. The lowest BCUT2D eigenvalue weighted by Gasteiger charge is -2.34. The van der Waals surface area contributed by atoms with Gasteiger partial charge in [0.25, 0.3) is 11.8 Å². The molecule has 0 bridgehead atoms. The number of esters is 2. The number of fused-ring (bicyclic) bond motifs is 2. The fourth-order valence-corrected chi connectivity index (χ4v) is 10.3. The van der Waals surface area contributed by atoms with Crippen LogP contribution in [0.3, 0.4) is 0 Å². The average Bonchev–Trinajstić information content (AvgIpc) is 0.841. The first kappa shape index (κ1) is 82.3. The molecule has 0 radical (unpaired) electrons. The Labute approximate surface area is 615 Å². The Hall–Kier alpha value is -7.66. The SMILES string of the molecule is C[C@@H](O)c1ccc2cnc(/C=C/C(C)(C)C(=O)O)cc2c1.C[C@H](NC(=O)[C@@H](N)Cc1cccnc1)C(=O)N1CCC[C@@H](C(=O)OCC(Cl)(Cl)Cl)N1.C[C@H](NC(=O)[C@H](Cc1cccnc1)NC(=O)C(C)(C)/C=C/c1cc2cc([C@@H](C)O)ccc2cn1)C(=O)N1CCC[C@@H](C(=O)OCC(Cl)(Cl)Cl)N1. The highest BCUT2D eigenvalue weighted by molar-refractivity contribution is 6.68. The monoisotopic (exact) mass is 1510 g/mol. The van der Waals surface area contributed by atoms with E-state index in [-0.39, 0.29) is 13.0 Å². The number of ether oxygens (including phenoxy) is 2. The number of aliphatic hydroxyl groups excluding tert-OH is 2. The van der Waals surface area contributed by atoms with Crippen LogP contribution in [-0.2, 0) is 60.7 Å². The molecular formula is C70H84Cl6N12O13. The molecule has 101 heavy (non-hydrogen) atoms. The number of nitrogens with one attached hydrogen (secondary N) is 5. The lowest BCUT2D eigenvalue weighted by molar-refractivity contribution is -0.154. The molecule has 0 spiro atoms. The number of halogens is 6. The Bertz CT molecular complexity index is 3920. The Morgan fingerprint density at radius 2 is 1.02 bits per heavy atom. The van der Waals surface area contributed by atoms with Gasteiger partial charge >= 0.3 is 17.9 Å². The lowest BCUT2D eigenvalue weighted by Crippen LogP contribution is -2.61. The van der Waals surface area contributed by atoms with E-state index in [4.69, 9.17) is 89.9 Å². The summed E-state index contributed by atoms with van der Waals surface area (Å²) in [7, 11) is 0. The quantitative estimate of drug-likeness (QED) is 0.0214. The highest BCUT2D eigenvalue weighted by atomic mass is 35.6. The smallest absolute Gasteiger partial charge is 0.325 e. The van der Waals surface area contributed by atoms with Crippen LogP contribution in [0.4, 0.5) is 0 Å². The molecule has 0 unspecified atom stereocenters. The van der Waals surface area contributed by atoms with E-state index in [1.165, 1.54) is 16.9 Å². The maximum atomic E-state index is 13.6. The second-order valence-electron chi connectivity index (χ2n) is 25.5. The van der Waals surface area contributed by atoms with Gasteiger partial charge < -0.3 is 46.5 Å². The molecule has 2 fully saturated rings. The number of alkyl halides is 6. The van der Waals surface area contributed by atoms with Crippen LogP contribution in [0.5, 0.6) is 0 Å². The van der Waals surface area contributed by atoms with E-state index in [1.54, 1.807) is 128 Å². The van der Waals surface area contributed by atoms with Crippen LogP contribution < -0.4 is 32.5 Å². The van der Waals surface area contributed by atoms with Crippen molar-refractivity contribution in [3.05, 3.63) is 156 Å². The number of carboxylic acid groups (broad SMARTS) is 1. The Kier molecular flexibility index (Phi) is 30.6. The molecule has 5 amide bonds. The number of amides is 5. The summed E-state index contributed by atoms with van der Waals surface area (Å²) < 4.78 is 6.53. The molecule has 2 aromatic carbocycles. The highest BCUT2D eigenvalue weighted by Gasteiger charge is 2.37. The largest absolute Gasteiger partial charge is 0.481 e. The summed E-state index contributed by atoms with van der Waals surface area (Å²) in [4.78, 5) is 118. The van der Waals surface area contributed by atoms with Crippen molar-refractivity contribution < 1.29 is 63.1 Å². The molecule has 6 aromatic rings. The van der Waals surface area contributed by atoms with Gasteiger partial charge in [-0.25, -0.2) is 10.9 Å². The fraction of sp³-hybridized carbons (Fsp3) is 0.429. The molecule has 0 saturated carbocycles. The molecule has 8 atom stereocenters. The highest BCUT2D eigenvalue weighted by Crippen LogP contribution is 2.29. The number of aliphatic hydroxyl groups is 2. The second-order valence-corrected chi connectivity index (χ2v) is 30.5. The molecule has 25 nitrogen and oxygen atoms in total. The van der Waals surface area contributed by atoms with Crippen molar-refractivity contribution in [1.29, 1.82) is 0 Å². The molecule has 10 N–H and O–H groups in total. The van der Waals surface area contributed by atoms with Gasteiger partial charge in [-0.15, -0.1) is 0 Å². The van der Waals surface area contributed by atoms with E-state index in [9.17, 15) is 48.6 Å². The van der Waals surface area contributed by atoms with E-state index >= 15 is 0 Å². The first-order valence-electron chi connectivity index (χ1n) is 32.2. The number of hydrogen-bond acceptors (Lipinski definition) is 19. The summed E-state index contributed by atoms with van der Waals surface area (Å²) in [5.74, 6) is -4.55. The average molecular weight is 1510 g/mol. The first-order valence-corrected chi connectivity index (χ1v) is 34.5. The predicted molar refractivity (Wildman–Crippen MR) is 387 cm³/mol. The zero-order chi connectivity index (χ0) is 74.6. The van der Waals surface area contributed by atoms with Crippen molar-refractivity contribution in [2.24, 2.45) is 16.6 Å². The van der Waals surface area contributed by atoms with Crippen LogP contribution in [0.15, 0.2) is 122 Å². The number of hydrogen-bond donors (Lipinski definition) is 9. The number of nitrogens with zero attached hydrogens (tertiary/aromatic N) is 6. The van der Waals surface area contributed by atoms with Crippen LogP contribution in [0.2, 0.25) is 0 Å². The van der Waals surface area contributed by atoms with Crippen molar-refractivity contribution in [3.8, 4) is 0 Å². The number of pyridine rings is 4. The summed E-state index contributed by atoms with van der Waals surface area (Å²) in [6.45, 7) is 13.0. The maximum Gasteiger partial charge on any atom is 0.325 e. The van der Waals surface area contributed by atoms with E-state index < -0.39 is 128 Å². The Balaban J connectivity index is 0.000000265. The van der Waals surface area contributed by atoms with Gasteiger partial charge in [-0.05, 0) is 169 Å². The molecule has 6 heterocycles. The van der Waals surface area contributed by atoms with Crippen LogP contribution in [0.25, 0.3) is 33.7 Å². The third-order valence-electron chi connectivity index (χ3n) is 16.0. The Morgan fingerprint density at radius 1 is 0.594 bits per heavy atom. The van der Waals surface area contributed by atoms with E-state index in [0.29, 0.717) is 55.6 Å². The molecule has 2 aliphatic rings. The van der Waals surface area contributed by atoms with Crippen LogP contribution in [-0.4, -0.2) is 163 Å². The molecule has 544 valence electrons. The minimum Gasteiger partial charge on any atom is -0.481 e. The topological polar surface area (TPSA) is 360 Å². The number of carbonyl (C=O) groups excluding carboxylic acids is 7. The summed E-state index contributed by atoms with van der Waals surface area (Å²) in [6, 6.07) is 16.8. The second kappa shape index (κ2) is 37.5.